The minimum absolute atomic E-state index is 0.0639. The van der Waals surface area contributed by atoms with Crippen molar-refractivity contribution in [2.45, 2.75) is 71.9 Å². The van der Waals surface area contributed by atoms with E-state index in [0.717, 1.165) is 18.5 Å². The molecule has 36 heavy (non-hydrogen) atoms. The van der Waals surface area contributed by atoms with E-state index in [1.54, 1.807) is 0 Å². The van der Waals surface area contributed by atoms with Crippen molar-refractivity contribution < 1.29 is 14.3 Å². The summed E-state index contributed by atoms with van der Waals surface area (Å²) < 4.78 is 11.9. The van der Waals surface area contributed by atoms with E-state index in [2.05, 4.69) is 72.5 Å². The molecule has 0 bridgehead atoms. The molecule has 4 heteroatoms. The fourth-order valence-corrected chi connectivity index (χ4v) is 4.48. The van der Waals surface area contributed by atoms with Crippen LogP contribution in [0.15, 0.2) is 91.0 Å². The van der Waals surface area contributed by atoms with Gasteiger partial charge in [-0.05, 0) is 50.8 Å². The van der Waals surface area contributed by atoms with Crippen LogP contribution < -0.4 is 0 Å². The highest BCUT2D eigenvalue weighted by molar-refractivity contribution is 5.73. The minimum Gasteiger partial charge on any atom is -0.460 e. The summed E-state index contributed by atoms with van der Waals surface area (Å²) in [5.74, 6) is -0.492. The molecule has 0 amide bonds. The van der Waals surface area contributed by atoms with Crippen LogP contribution in [0.5, 0.6) is 0 Å². The lowest BCUT2D eigenvalue weighted by molar-refractivity contribution is -0.162. The second kappa shape index (κ2) is 13.4. The fourth-order valence-electron chi connectivity index (χ4n) is 4.48. The van der Waals surface area contributed by atoms with Crippen molar-refractivity contribution in [1.82, 2.24) is 4.90 Å². The molecule has 0 aliphatic carbocycles. The quantitative estimate of drug-likeness (QED) is 0.200. The number of ether oxygens (including phenoxy) is 2. The first-order valence-electron chi connectivity index (χ1n) is 12.9. The van der Waals surface area contributed by atoms with Gasteiger partial charge in [0.2, 0.25) is 0 Å². The van der Waals surface area contributed by atoms with E-state index in [1.165, 1.54) is 11.1 Å². The van der Waals surface area contributed by atoms with Crippen LogP contribution in [0.3, 0.4) is 0 Å². The van der Waals surface area contributed by atoms with Gasteiger partial charge in [-0.3, -0.25) is 9.69 Å². The summed E-state index contributed by atoms with van der Waals surface area (Å²) in [5, 5.41) is 0. The van der Waals surface area contributed by atoms with E-state index >= 15 is 0 Å². The first-order valence-corrected chi connectivity index (χ1v) is 12.9. The second-order valence-electron chi connectivity index (χ2n) is 10.5. The zero-order valence-corrected chi connectivity index (χ0v) is 22.4. The monoisotopic (exact) mass is 487 g/mol. The maximum Gasteiger partial charge on any atom is 0.310 e. The maximum absolute atomic E-state index is 13.3. The zero-order chi connectivity index (χ0) is 26.0. The Morgan fingerprint density at radius 3 is 1.89 bits per heavy atom. The third-order valence-electron chi connectivity index (χ3n) is 6.44. The predicted molar refractivity (Wildman–Crippen MR) is 146 cm³/mol. The molecule has 0 saturated heterocycles. The van der Waals surface area contributed by atoms with Gasteiger partial charge in [-0.2, -0.15) is 0 Å². The van der Waals surface area contributed by atoms with Gasteiger partial charge in [-0.25, -0.2) is 0 Å². The lowest BCUT2D eigenvalue weighted by Crippen LogP contribution is -2.45. The topological polar surface area (TPSA) is 38.8 Å². The SMILES string of the molecule is CC(C(=O)OC(C)(C)C)C(CCOCc1ccccc1)N(Cc1ccccc1)C(C)c1ccccc1. The summed E-state index contributed by atoms with van der Waals surface area (Å²) in [6.45, 7) is 11.8. The molecule has 3 rings (SSSR count). The predicted octanol–water partition coefficient (Wildman–Crippen LogP) is 7.20. The van der Waals surface area contributed by atoms with Crippen molar-refractivity contribution in [2.75, 3.05) is 6.61 Å². The van der Waals surface area contributed by atoms with E-state index in [-0.39, 0.29) is 24.0 Å². The number of hydrogen-bond donors (Lipinski definition) is 0. The molecule has 4 nitrogen and oxygen atoms in total. The minimum atomic E-state index is -0.533. The highest BCUT2D eigenvalue weighted by atomic mass is 16.6. The highest BCUT2D eigenvalue weighted by Crippen LogP contribution is 2.30. The smallest absolute Gasteiger partial charge is 0.310 e. The van der Waals surface area contributed by atoms with E-state index in [9.17, 15) is 4.79 Å². The Bertz CT molecular complexity index is 1030. The van der Waals surface area contributed by atoms with Gasteiger partial charge in [0.05, 0.1) is 12.5 Å². The summed E-state index contributed by atoms with van der Waals surface area (Å²) in [6, 6.07) is 31.2. The van der Waals surface area contributed by atoms with Gasteiger partial charge in [0.1, 0.15) is 5.60 Å². The zero-order valence-electron chi connectivity index (χ0n) is 22.4. The largest absolute Gasteiger partial charge is 0.460 e. The standard InChI is InChI=1S/C32H41NO3/c1-25(31(34)36-32(3,4)5)30(21-22-35-24-28-17-11-7-12-18-28)33(23-27-15-9-6-10-16-27)26(2)29-19-13-8-14-20-29/h6-20,25-26,30H,21-24H2,1-5H3. The Labute approximate surface area is 217 Å². The summed E-state index contributed by atoms with van der Waals surface area (Å²) in [5.41, 5.74) is 3.05. The van der Waals surface area contributed by atoms with Crippen molar-refractivity contribution in [2.24, 2.45) is 5.92 Å². The average Bonchev–Trinajstić information content (AvgIpc) is 2.87. The number of hydrogen-bond acceptors (Lipinski definition) is 4. The molecule has 0 spiro atoms. The van der Waals surface area contributed by atoms with Crippen LogP contribution in [0.25, 0.3) is 0 Å². The molecule has 0 aliphatic heterocycles. The van der Waals surface area contributed by atoms with Crippen LogP contribution in [-0.4, -0.2) is 29.1 Å². The number of carbonyl (C=O) groups excluding carboxylic acids is 1. The Morgan fingerprint density at radius 2 is 1.33 bits per heavy atom. The van der Waals surface area contributed by atoms with Crippen molar-refractivity contribution in [1.29, 1.82) is 0 Å². The van der Waals surface area contributed by atoms with E-state index in [4.69, 9.17) is 9.47 Å². The first kappa shape index (κ1) is 27.6. The Hall–Kier alpha value is -2.95. The molecule has 0 aliphatic rings. The van der Waals surface area contributed by atoms with Crippen molar-refractivity contribution in [3.63, 3.8) is 0 Å². The number of carbonyl (C=O) groups is 1. The molecule has 0 heterocycles. The maximum atomic E-state index is 13.3. The molecule has 192 valence electrons. The molecule has 0 radical (unpaired) electrons. The van der Waals surface area contributed by atoms with Gasteiger partial charge >= 0.3 is 5.97 Å². The van der Waals surface area contributed by atoms with E-state index in [0.29, 0.717) is 13.2 Å². The second-order valence-corrected chi connectivity index (χ2v) is 10.5. The van der Waals surface area contributed by atoms with Gasteiger partial charge in [-0.15, -0.1) is 0 Å². The van der Waals surface area contributed by atoms with Crippen molar-refractivity contribution >= 4 is 5.97 Å². The Morgan fingerprint density at radius 1 is 0.806 bits per heavy atom. The van der Waals surface area contributed by atoms with Crippen LogP contribution >= 0.6 is 0 Å². The number of benzene rings is 3. The molecule has 3 atom stereocenters. The molecule has 3 aromatic carbocycles. The number of rotatable bonds is 12. The number of nitrogens with zero attached hydrogens (tertiary/aromatic N) is 1. The van der Waals surface area contributed by atoms with E-state index in [1.807, 2.05) is 58.0 Å². The van der Waals surface area contributed by atoms with Crippen molar-refractivity contribution in [3.8, 4) is 0 Å². The Balaban J connectivity index is 1.86. The van der Waals surface area contributed by atoms with Crippen LogP contribution in [0, 0.1) is 5.92 Å². The van der Waals surface area contributed by atoms with E-state index < -0.39 is 5.60 Å². The molecule has 3 unspecified atom stereocenters. The molecule has 0 aromatic heterocycles. The van der Waals surface area contributed by atoms with Gasteiger partial charge in [0.25, 0.3) is 0 Å². The van der Waals surface area contributed by atoms with Crippen LogP contribution in [0.1, 0.15) is 63.8 Å². The summed E-state index contributed by atoms with van der Waals surface area (Å²) in [4.78, 5) is 15.7. The molecule has 0 N–H and O–H groups in total. The molecular weight excluding hydrogens is 446 g/mol. The summed E-state index contributed by atoms with van der Waals surface area (Å²) >= 11 is 0. The van der Waals surface area contributed by atoms with Crippen LogP contribution in [-0.2, 0) is 27.4 Å². The highest BCUT2D eigenvalue weighted by Gasteiger charge is 2.35. The number of esters is 1. The fraction of sp³-hybridized carbons (Fsp3) is 0.406. The van der Waals surface area contributed by atoms with Crippen molar-refractivity contribution in [3.05, 3.63) is 108 Å². The van der Waals surface area contributed by atoms with Gasteiger partial charge in [0, 0.05) is 25.2 Å². The summed E-state index contributed by atoms with van der Waals surface area (Å²) in [6.07, 6.45) is 0.719. The molecule has 3 aromatic rings. The normalized spacial score (nSPS) is 14.3. The van der Waals surface area contributed by atoms with Gasteiger partial charge in [0.15, 0.2) is 0 Å². The molecule has 0 saturated carbocycles. The molecular formula is C32H41NO3. The lowest BCUT2D eigenvalue weighted by atomic mass is 9.93. The third-order valence-corrected chi connectivity index (χ3v) is 6.44. The van der Waals surface area contributed by atoms with Crippen LogP contribution in [0.4, 0.5) is 0 Å². The summed E-state index contributed by atoms with van der Waals surface area (Å²) in [7, 11) is 0. The lowest BCUT2D eigenvalue weighted by Gasteiger charge is -2.40. The third kappa shape index (κ3) is 8.61. The first-order chi connectivity index (χ1) is 17.2. The average molecular weight is 488 g/mol. The Kier molecular flexibility index (Phi) is 10.3. The van der Waals surface area contributed by atoms with Gasteiger partial charge < -0.3 is 9.47 Å². The van der Waals surface area contributed by atoms with Gasteiger partial charge in [-0.1, -0.05) is 97.9 Å². The van der Waals surface area contributed by atoms with Crippen LogP contribution in [0.2, 0.25) is 0 Å². The molecule has 0 fully saturated rings.